The maximum Gasteiger partial charge on any atom is 0.266 e. The predicted molar refractivity (Wildman–Crippen MR) is 80.5 cm³/mol. The summed E-state index contributed by atoms with van der Waals surface area (Å²) >= 11 is 4.92. The first-order chi connectivity index (χ1) is 8.61. The first-order valence-electron chi connectivity index (χ1n) is 5.75. The predicted octanol–water partition coefficient (Wildman–Crippen LogP) is 4.63. The lowest BCUT2D eigenvalue weighted by molar-refractivity contribution is 0.103. The van der Waals surface area contributed by atoms with Crippen LogP contribution in [0.1, 0.15) is 27.7 Å². The Morgan fingerprint density at radius 2 is 2.17 bits per heavy atom. The van der Waals surface area contributed by atoms with Crippen LogP contribution in [0.5, 0.6) is 0 Å². The van der Waals surface area contributed by atoms with Crippen LogP contribution in [-0.4, -0.2) is 5.91 Å². The molecule has 1 aromatic heterocycles. The fraction of sp³-hybridized carbons (Fsp3) is 0.214. The van der Waals surface area contributed by atoms with Gasteiger partial charge in [-0.25, -0.2) is 0 Å². The molecule has 1 N–H and O–H groups in total. The summed E-state index contributed by atoms with van der Waals surface area (Å²) in [4.78, 5) is 12.9. The number of hydrogen-bond acceptors (Lipinski definition) is 2. The van der Waals surface area contributed by atoms with Crippen LogP contribution in [0.3, 0.4) is 0 Å². The molecule has 0 saturated carbocycles. The van der Waals surface area contributed by atoms with Crippen LogP contribution in [0.15, 0.2) is 34.1 Å². The van der Waals surface area contributed by atoms with E-state index < -0.39 is 0 Å². The fourth-order valence-electron chi connectivity index (χ4n) is 1.76. The van der Waals surface area contributed by atoms with Gasteiger partial charge in [-0.15, -0.1) is 11.3 Å². The van der Waals surface area contributed by atoms with Crippen molar-refractivity contribution in [1.82, 2.24) is 0 Å². The number of hydrogen-bond donors (Lipinski definition) is 1. The van der Waals surface area contributed by atoms with Crippen molar-refractivity contribution in [3.05, 3.63) is 50.1 Å². The Hall–Kier alpha value is -1.13. The van der Waals surface area contributed by atoms with Crippen molar-refractivity contribution in [3.63, 3.8) is 0 Å². The molecule has 4 heteroatoms. The number of amides is 1. The van der Waals surface area contributed by atoms with Crippen molar-refractivity contribution in [2.45, 2.75) is 20.3 Å². The second-order valence-electron chi connectivity index (χ2n) is 4.04. The quantitative estimate of drug-likeness (QED) is 0.876. The molecule has 0 spiro atoms. The van der Waals surface area contributed by atoms with Crippen LogP contribution < -0.4 is 5.32 Å². The van der Waals surface area contributed by atoms with E-state index in [4.69, 9.17) is 0 Å². The summed E-state index contributed by atoms with van der Waals surface area (Å²) in [6.45, 7) is 4.03. The highest BCUT2D eigenvalue weighted by Gasteiger charge is 2.12. The Bertz CT molecular complexity index is 577. The minimum Gasteiger partial charge on any atom is -0.321 e. The summed E-state index contributed by atoms with van der Waals surface area (Å²) in [5, 5.41) is 4.92. The Kier molecular flexibility index (Phi) is 4.19. The number of nitrogens with one attached hydrogen (secondary N) is 1. The highest BCUT2D eigenvalue weighted by atomic mass is 79.9. The van der Waals surface area contributed by atoms with Crippen molar-refractivity contribution in [2.24, 2.45) is 0 Å². The van der Waals surface area contributed by atoms with Gasteiger partial charge in [-0.1, -0.05) is 22.9 Å². The van der Waals surface area contributed by atoms with E-state index in [0.717, 1.165) is 32.6 Å². The Morgan fingerprint density at radius 1 is 1.39 bits per heavy atom. The van der Waals surface area contributed by atoms with Crippen molar-refractivity contribution in [2.75, 3.05) is 5.32 Å². The Morgan fingerprint density at radius 3 is 2.78 bits per heavy atom. The minimum absolute atomic E-state index is 0.0282. The number of halogens is 1. The van der Waals surface area contributed by atoms with Crippen molar-refractivity contribution in [1.29, 1.82) is 0 Å². The van der Waals surface area contributed by atoms with Gasteiger partial charge >= 0.3 is 0 Å². The summed E-state index contributed by atoms with van der Waals surface area (Å²) in [5.41, 5.74) is 3.04. The van der Waals surface area contributed by atoms with Gasteiger partial charge in [-0.05, 0) is 54.1 Å². The van der Waals surface area contributed by atoms with Gasteiger partial charge in [0.15, 0.2) is 0 Å². The molecular formula is C14H14BrNOS. The fourth-order valence-corrected chi connectivity index (χ4v) is 2.99. The van der Waals surface area contributed by atoms with E-state index in [0.29, 0.717) is 0 Å². The number of carbonyl (C=O) groups is 1. The summed E-state index contributed by atoms with van der Waals surface area (Å²) in [7, 11) is 0. The number of aryl methyl sites for hydroxylation is 2. The second-order valence-corrected chi connectivity index (χ2v) is 5.87. The summed E-state index contributed by atoms with van der Waals surface area (Å²) in [5.74, 6) is -0.0282. The van der Waals surface area contributed by atoms with Gasteiger partial charge in [-0.2, -0.15) is 0 Å². The molecule has 0 fully saturated rings. The third-order valence-corrected chi connectivity index (χ3v) is 4.27. The van der Waals surface area contributed by atoms with E-state index in [1.807, 2.05) is 36.6 Å². The molecule has 2 aromatic rings. The maximum absolute atomic E-state index is 12.1. The zero-order valence-corrected chi connectivity index (χ0v) is 12.7. The van der Waals surface area contributed by atoms with Gasteiger partial charge in [0, 0.05) is 10.2 Å². The first-order valence-corrected chi connectivity index (χ1v) is 7.43. The zero-order chi connectivity index (χ0) is 13.1. The lowest BCUT2D eigenvalue weighted by atomic mass is 10.1. The van der Waals surface area contributed by atoms with E-state index in [-0.39, 0.29) is 5.91 Å². The van der Waals surface area contributed by atoms with Crippen LogP contribution in [0, 0.1) is 6.92 Å². The van der Waals surface area contributed by atoms with E-state index >= 15 is 0 Å². The third-order valence-electron chi connectivity index (χ3n) is 2.76. The van der Waals surface area contributed by atoms with E-state index in [1.165, 1.54) is 11.3 Å². The molecule has 18 heavy (non-hydrogen) atoms. The molecule has 0 saturated heterocycles. The topological polar surface area (TPSA) is 29.1 Å². The van der Waals surface area contributed by atoms with E-state index in [2.05, 4.69) is 28.2 Å². The highest BCUT2D eigenvalue weighted by molar-refractivity contribution is 9.10. The molecule has 1 aromatic carbocycles. The molecule has 0 aliphatic heterocycles. The van der Waals surface area contributed by atoms with Gasteiger partial charge in [0.2, 0.25) is 0 Å². The largest absolute Gasteiger partial charge is 0.321 e. The molecule has 0 aliphatic carbocycles. The molecule has 94 valence electrons. The summed E-state index contributed by atoms with van der Waals surface area (Å²) in [6.07, 6.45) is 0.887. The van der Waals surface area contributed by atoms with E-state index in [1.54, 1.807) is 0 Å². The first kappa shape index (κ1) is 13.3. The van der Waals surface area contributed by atoms with Crippen molar-refractivity contribution < 1.29 is 4.79 Å². The third kappa shape index (κ3) is 2.82. The SMILES string of the molecule is CCc1cc(Br)ccc1NC(=O)c1sccc1C. The van der Waals surface area contributed by atoms with Gasteiger partial charge < -0.3 is 5.32 Å². The molecule has 1 heterocycles. The smallest absolute Gasteiger partial charge is 0.266 e. The lowest BCUT2D eigenvalue weighted by Crippen LogP contribution is -2.12. The molecular weight excluding hydrogens is 310 g/mol. The number of anilines is 1. The van der Waals surface area contributed by atoms with Gasteiger partial charge in [0.1, 0.15) is 0 Å². The van der Waals surface area contributed by atoms with Gasteiger partial charge in [-0.3, -0.25) is 4.79 Å². The van der Waals surface area contributed by atoms with Crippen LogP contribution in [0.2, 0.25) is 0 Å². The Balaban J connectivity index is 2.24. The molecule has 0 aliphatic rings. The van der Waals surface area contributed by atoms with Crippen LogP contribution in [0.25, 0.3) is 0 Å². The molecule has 0 radical (unpaired) electrons. The molecule has 0 bridgehead atoms. The molecule has 2 nitrogen and oxygen atoms in total. The summed E-state index contributed by atoms with van der Waals surface area (Å²) in [6, 6.07) is 7.87. The second kappa shape index (κ2) is 5.67. The highest BCUT2D eigenvalue weighted by Crippen LogP contribution is 2.23. The molecule has 0 unspecified atom stereocenters. The van der Waals surface area contributed by atoms with Crippen LogP contribution in [0.4, 0.5) is 5.69 Å². The number of benzene rings is 1. The van der Waals surface area contributed by atoms with E-state index in [9.17, 15) is 4.79 Å². The summed E-state index contributed by atoms with van der Waals surface area (Å²) < 4.78 is 1.03. The lowest BCUT2D eigenvalue weighted by Gasteiger charge is -2.10. The number of rotatable bonds is 3. The van der Waals surface area contributed by atoms with Gasteiger partial charge in [0.25, 0.3) is 5.91 Å². The monoisotopic (exact) mass is 323 g/mol. The molecule has 1 amide bonds. The van der Waals surface area contributed by atoms with Crippen molar-refractivity contribution >= 4 is 38.9 Å². The zero-order valence-electron chi connectivity index (χ0n) is 10.3. The number of thiophene rings is 1. The Labute approximate surface area is 119 Å². The standard InChI is InChI=1S/C14H14BrNOS/c1-3-10-8-11(15)4-5-12(10)16-14(17)13-9(2)6-7-18-13/h4-8H,3H2,1-2H3,(H,16,17). The molecule has 0 atom stereocenters. The van der Waals surface area contributed by atoms with Gasteiger partial charge in [0.05, 0.1) is 4.88 Å². The molecule has 2 rings (SSSR count). The minimum atomic E-state index is -0.0282. The van der Waals surface area contributed by atoms with Crippen LogP contribution in [-0.2, 0) is 6.42 Å². The maximum atomic E-state index is 12.1. The normalized spacial score (nSPS) is 10.4. The number of carbonyl (C=O) groups excluding carboxylic acids is 1. The van der Waals surface area contributed by atoms with Crippen LogP contribution >= 0.6 is 27.3 Å². The average Bonchev–Trinajstić information content (AvgIpc) is 2.77. The van der Waals surface area contributed by atoms with Crippen molar-refractivity contribution in [3.8, 4) is 0 Å². The average molecular weight is 324 g/mol.